The molecule has 29 heavy (non-hydrogen) atoms. The van der Waals surface area contributed by atoms with Gasteiger partial charge in [-0.05, 0) is 29.3 Å². The van der Waals surface area contributed by atoms with Crippen LogP contribution in [0.15, 0.2) is 66.7 Å². The molecule has 0 amide bonds. The molecule has 3 rings (SSSR count). The third kappa shape index (κ3) is 5.73. The molecule has 0 heterocycles. The minimum Gasteiger partial charge on any atom is -0.493 e. The molecule has 0 aliphatic carbocycles. The van der Waals surface area contributed by atoms with E-state index in [1.54, 1.807) is 37.4 Å². The number of hydrogen-bond donors (Lipinski definition) is 2. The van der Waals surface area contributed by atoms with Gasteiger partial charge >= 0.3 is 5.97 Å². The summed E-state index contributed by atoms with van der Waals surface area (Å²) in [5, 5.41) is 12.9. The van der Waals surface area contributed by atoms with Crippen molar-refractivity contribution < 1.29 is 19.4 Å². The Labute approximate surface area is 174 Å². The first-order valence-electron chi connectivity index (χ1n) is 9.13. The Bertz CT molecular complexity index is 959. The topological polar surface area (TPSA) is 67.8 Å². The number of benzene rings is 3. The molecule has 0 bridgehead atoms. The van der Waals surface area contributed by atoms with Gasteiger partial charge in [0.25, 0.3) is 0 Å². The minimum absolute atomic E-state index is 0.268. The quantitative estimate of drug-likeness (QED) is 0.523. The molecule has 0 aliphatic heterocycles. The van der Waals surface area contributed by atoms with Crippen molar-refractivity contribution in [3.8, 4) is 11.5 Å². The standard InChI is InChI=1S/C23H22ClNO4/c1-28-21-12-20(24)11-19(22(21)29-15-17-5-3-2-4-6-17)14-25-13-16-7-9-18(10-8-16)23(26)27/h2-12,25H,13-15H2,1H3,(H,26,27). The van der Waals surface area contributed by atoms with Crippen LogP contribution in [0, 0.1) is 0 Å². The van der Waals surface area contributed by atoms with E-state index in [-0.39, 0.29) is 5.56 Å². The van der Waals surface area contributed by atoms with Crippen molar-refractivity contribution in [3.63, 3.8) is 0 Å². The van der Waals surface area contributed by atoms with Crippen molar-refractivity contribution >= 4 is 17.6 Å². The van der Waals surface area contributed by atoms with E-state index in [0.717, 1.165) is 16.7 Å². The van der Waals surface area contributed by atoms with Crippen molar-refractivity contribution in [2.75, 3.05) is 7.11 Å². The van der Waals surface area contributed by atoms with Crippen LogP contribution in [0.4, 0.5) is 0 Å². The van der Waals surface area contributed by atoms with Gasteiger partial charge in [-0.2, -0.15) is 0 Å². The molecule has 3 aromatic rings. The van der Waals surface area contributed by atoms with Gasteiger partial charge < -0.3 is 19.9 Å². The maximum atomic E-state index is 11.0. The van der Waals surface area contributed by atoms with Gasteiger partial charge in [-0.25, -0.2) is 4.79 Å². The van der Waals surface area contributed by atoms with Crippen LogP contribution in [-0.2, 0) is 19.7 Å². The summed E-state index contributed by atoms with van der Waals surface area (Å²) in [4.78, 5) is 11.0. The number of rotatable bonds is 9. The summed E-state index contributed by atoms with van der Waals surface area (Å²) in [6.45, 7) is 1.51. The zero-order chi connectivity index (χ0) is 20.6. The smallest absolute Gasteiger partial charge is 0.335 e. The van der Waals surface area contributed by atoms with Gasteiger partial charge in [-0.1, -0.05) is 54.1 Å². The lowest BCUT2D eigenvalue weighted by molar-refractivity contribution is 0.0697. The molecule has 0 aliphatic rings. The lowest BCUT2D eigenvalue weighted by atomic mass is 10.1. The van der Waals surface area contributed by atoms with Crippen LogP contribution in [0.25, 0.3) is 0 Å². The van der Waals surface area contributed by atoms with Crippen LogP contribution >= 0.6 is 11.6 Å². The minimum atomic E-state index is -0.935. The van der Waals surface area contributed by atoms with Crippen LogP contribution in [-0.4, -0.2) is 18.2 Å². The number of carboxylic acid groups (broad SMARTS) is 1. The number of ether oxygens (including phenoxy) is 2. The van der Waals surface area contributed by atoms with Crippen LogP contribution < -0.4 is 14.8 Å². The highest BCUT2D eigenvalue weighted by Gasteiger charge is 2.13. The second-order valence-corrected chi connectivity index (χ2v) is 6.91. The maximum absolute atomic E-state index is 11.0. The molecule has 0 saturated heterocycles. The first-order chi connectivity index (χ1) is 14.1. The summed E-state index contributed by atoms with van der Waals surface area (Å²) in [6.07, 6.45) is 0. The Kier molecular flexibility index (Phi) is 7.11. The predicted molar refractivity (Wildman–Crippen MR) is 113 cm³/mol. The summed E-state index contributed by atoms with van der Waals surface area (Å²) in [5.41, 5.74) is 3.19. The van der Waals surface area contributed by atoms with Crippen LogP contribution in [0.1, 0.15) is 27.0 Å². The maximum Gasteiger partial charge on any atom is 0.335 e. The van der Waals surface area contributed by atoms with Gasteiger partial charge in [0.1, 0.15) is 6.61 Å². The fourth-order valence-corrected chi connectivity index (χ4v) is 3.14. The molecule has 0 fully saturated rings. The van der Waals surface area contributed by atoms with E-state index in [0.29, 0.717) is 36.2 Å². The number of nitrogens with one attached hydrogen (secondary N) is 1. The van der Waals surface area contributed by atoms with Crippen LogP contribution in [0.3, 0.4) is 0 Å². The zero-order valence-corrected chi connectivity index (χ0v) is 16.8. The molecule has 0 aromatic heterocycles. The van der Waals surface area contributed by atoms with E-state index in [9.17, 15) is 4.79 Å². The van der Waals surface area contributed by atoms with Gasteiger partial charge in [0, 0.05) is 29.7 Å². The summed E-state index contributed by atoms with van der Waals surface area (Å²) >= 11 is 6.24. The predicted octanol–water partition coefficient (Wildman–Crippen LogP) is 4.92. The molecule has 0 unspecified atom stereocenters. The Balaban J connectivity index is 1.70. The summed E-state index contributed by atoms with van der Waals surface area (Å²) in [6, 6.07) is 20.3. The van der Waals surface area contributed by atoms with Gasteiger partial charge in [0.2, 0.25) is 0 Å². The van der Waals surface area contributed by atoms with Crippen molar-refractivity contribution in [2.45, 2.75) is 19.7 Å². The zero-order valence-electron chi connectivity index (χ0n) is 16.0. The summed E-state index contributed by atoms with van der Waals surface area (Å²) in [5.74, 6) is 0.293. The molecular formula is C23H22ClNO4. The Hall–Kier alpha value is -3.02. The normalized spacial score (nSPS) is 10.6. The van der Waals surface area contributed by atoms with Gasteiger partial charge in [-0.15, -0.1) is 0 Å². The molecule has 0 saturated carbocycles. The molecular weight excluding hydrogens is 390 g/mol. The summed E-state index contributed by atoms with van der Waals surface area (Å²) < 4.78 is 11.5. The number of carbonyl (C=O) groups is 1. The average Bonchev–Trinajstić information content (AvgIpc) is 2.73. The first kappa shape index (κ1) is 20.7. The third-order valence-electron chi connectivity index (χ3n) is 4.39. The molecule has 0 atom stereocenters. The van der Waals surface area contributed by atoms with Gasteiger partial charge in [0.05, 0.1) is 12.7 Å². The fourth-order valence-electron chi connectivity index (χ4n) is 2.91. The number of halogens is 1. The van der Waals surface area contributed by atoms with Gasteiger partial charge in [-0.3, -0.25) is 0 Å². The van der Waals surface area contributed by atoms with E-state index in [2.05, 4.69) is 5.32 Å². The molecule has 5 nitrogen and oxygen atoms in total. The molecule has 2 N–H and O–H groups in total. The highest BCUT2D eigenvalue weighted by molar-refractivity contribution is 6.30. The Morgan fingerprint density at radius 1 is 1.00 bits per heavy atom. The van der Waals surface area contributed by atoms with Crippen LogP contribution in [0.2, 0.25) is 5.02 Å². The van der Waals surface area contributed by atoms with E-state index in [4.69, 9.17) is 26.2 Å². The summed E-state index contributed by atoms with van der Waals surface area (Å²) in [7, 11) is 1.59. The van der Waals surface area contributed by atoms with Gasteiger partial charge in [0.15, 0.2) is 11.5 Å². The number of aromatic carboxylic acids is 1. The van der Waals surface area contributed by atoms with E-state index in [1.165, 1.54) is 0 Å². The van der Waals surface area contributed by atoms with Crippen molar-refractivity contribution in [1.29, 1.82) is 0 Å². The van der Waals surface area contributed by atoms with E-state index >= 15 is 0 Å². The molecule has 0 spiro atoms. The first-order valence-corrected chi connectivity index (χ1v) is 9.50. The van der Waals surface area contributed by atoms with Crippen molar-refractivity contribution in [3.05, 3.63) is 94.0 Å². The number of carboxylic acids is 1. The molecule has 3 aromatic carbocycles. The molecule has 0 radical (unpaired) electrons. The third-order valence-corrected chi connectivity index (χ3v) is 4.61. The number of hydrogen-bond acceptors (Lipinski definition) is 4. The molecule has 6 heteroatoms. The van der Waals surface area contributed by atoms with Crippen molar-refractivity contribution in [1.82, 2.24) is 5.32 Å². The van der Waals surface area contributed by atoms with E-state index in [1.807, 2.05) is 36.4 Å². The second kappa shape index (κ2) is 9.96. The lowest BCUT2D eigenvalue weighted by Gasteiger charge is -2.16. The monoisotopic (exact) mass is 411 g/mol. The Morgan fingerprint density at radius 2 is 1.72 bits per heavy atom. The number of methoxy groups -OCH3 is 1. The highest BCUT2D eigenvalue weighted by Crippen LogP contribution is 2.35. The fraction of sp³-hybridized carbons (Fsp3) is 0.174. The second-order valence-electron chi connectivity index (χ2n) is 6.48. The largest absolute Gasteiger partial charge is 0.493 e. The van der Waals surface area contributed by atoms with E-state index < -0.39 is 5.97 Å². The van der Waals surface area contributed by atoms with Crippen LogP contribution in [0.5, 0.6) is 11.5 Å². The Morgan fingerprint density at radius 3 is 2.38 bits per heavy atom. The highest BCUT2D eigenvalue weighted by atomic mass is 35.5. The lowest BCUT2D eigenvalue weighted by Crippen LogP contribution is -2.14. The average molecular weight is 412 g/mol. The van der Waals surface area contributed by atoms with Crippen molar-refractivity contribution in [2.24, 2.45) is 0 Å². The SMILES string of the molecule is COc1cc(Cl)cc(CNCc2ccc(C(=O)O)cc2)c1OCc1ccccc1. The molecule has 150 valence electrons.